The summed E-state index contributed by atoms with van der Waals surface area (Å²) >= 11 is 0. The molecule has 2 fully saturated rings. The summed E-state index contributed by atoms with van der Waals surface area (Å²) in [6, 6.07) is 6.28. The quantitative estimate of drug-likeness (QED) is 0.914. The lowest BCUT2D eigenvalue weighted by molar-refractivity contribution is 0.0499. The number of rotatable bonds is 4. The Morgan fingerprint density at radius 1 is 1.28 bits per heavy atom. The van der Waals surface area contributed by atoms with Gasteiger partial charge in [0.25, 0.3) is 0 Å². The van der Waals surface area contributed by atoms with Crippen molar-refractivity contribution in [2.45, 2.75) is 19.4 Å². The van der Waals surface area contributed by atoms with Crippen LogP contribution in [0, 0.1) is 11.3 Å². The molecule has 6 nitrogen and oxygen atoms in total. The predicted octanol–water partition coefficient (Wildman–Crippen LogP) is 1.53. The zero-order valence-corrected chi connectivity index (χ0v) is 14.9. The molecular weight excluding hydrogens is 314 g/mol. The van der Waals surface area contributed by atoms with E-state index < -0.39 is 0 Å². The van der Waals surface area contributed by atoms with Crippen molar-refractivity contribution in [1.82, 2.24) is 19.4 Å². The fraction of sp³-hybridized carbons (Fsp3) is 0.579. The number of hydrogen-bond donors (Lipinski definition) is 1. The maximum absolute atomic E-state index is 9.98. The van der Waals surface area contributed by atoms with Crippen molar-refractivity contribution in [3.8, 4) is 0 Å². The van der Waals surface area contributed by atoms with Crippen LogP contribution in [0.3, 0.4) is 0 Å². The second-order valence-electron chi connectivity index (χ2n) is 7.58. The summed E-state index contributed by atoms with van der Waals surface area (Å²) in [5.74, 6) is 1.32. The van der Waals surface area contributed by atoms with E-state index >= 15 is 0 Å². The van der Waals surface area contributed by atoms with E-state index in [1.807, 2.05) is 6.07 Å². The third-order valence-electron chi connectivity index (χ3n) is 6.21. The maximum atomic E-state index is 9.98. The molecule has 1 unspecified atom stereocenters. The van der Waals surface area contributed by atoms with Crippen LogP contribution in [-0.4, -0.2) is 57.3 Å². The SMILES string of the molecule is Cn1cccc1CN1CCC2(CC1)CN(c1ccncn1)CC2CO. The van der Waals surface area contributed by atoms with Crippen LogP contribution >= 0.6 is 0 Å². The first-order valence-corrected chi connectivity index (χ1v) is 9.14. The van der Waals surface area contributed by atoms with Crippen LogP contribution in [0.5, 0.6) is 0 Å². The van der Waals surface area contributed by atoms with Crippen LogP contribution < -0.4 is 4.90 Å². The molecule has 4 rings (SSSR count). The Hall–Kier alpha value is -1.92. The Labute approximate surface area is 149 Å². The van der Waals surface area contributed by atoms with Crippen LogP contribution in [0.15, 0.2) is 36.9 Å². The molecule has 0 amide bonds. The van der Waals surface area contributed by atoms with E-state index in [1.54, 1.807) is 12.5 Å². The van der Waals surface area contributed by atoms with Crippen molar-refractivity contribution in [2.75, 3.05) is 37.7 Å². The molecule has 1 atom stereocenters. The smallest absolute Gasteiger partial charge is 0.131 e. The van der Waals surface area contributed by atoms with Gasteiger partial charge in [0.1, 0.15) is 12.1 Å². The lowest BCUT2D eigenvalue weighted by atomic mass is 9.71. The zero-order chi connectivity index (χ0) is 17.3. The number of aryl methyl sites for hydroxylation is 1. The summed E-state index contributed by atoms with van der Waals surface area (Å²) < 4.78 is 2.20. The van der Waals surface area contributed by atoms with E-state index in [2.05, 4.69) is 49.7 Å². The minimum Gasteiger partial charge on any atom is -0.396 e. The first kappa shape index (κ1) is 16.5. The van der Waals surface area contributed by atoms with Crippen LogP contribution in [0.2, 0.25) is 0 Å². The number of piperidine rings is 1. The van der Waals surface area contributed by atoms with Gasteiger partial charge in [-0.2, -0.15) is 0 Å². The molecule has 4 heterocycles. The van der Waals surface area contributed by atoms with Crippen LogP contribution in [0.25, 0.3) is 0 Å². The lowest BCUT2D eigenvalue weighted by Crippen LogP contribution is -2.45. The van der Waals surface area contributed by atoms with Gasteiger partial charge in [-0.15, -0.1) is 0 Å². The first-order valence-electron chi connectivity index (χ1n) is 9.14. The molecule has 1 N–H and O–H groups in total. The van der Waals surface area contributed by atoms with Gasteiger partial charge in [0, 0.05) is 57.3 Å². The summed E-state index contributed by atoms with van der Waals surface area (Å²) in [6.45, 7) is 5.36. The molecule has 2 saturated heterocycles. The highest BCUT2D eigenvalue weighted by molar-refractivity contribution is 5.39. The summed E-state index contributed by atoms with van der Waals surface area (Å²) in [4.78, 5) is 13.3. The third-order valence-corrected chi connectivity index (χ3v) is 6.21. The zero-order valence-electron chi connectivity index (χ0n) is 14.9. The van der Waals surface area contributed by atoms with Crippen LogP contribution in [0.4, 0.5) is 5.82 Å². The number of aliphatic hydroxyl groups excluding tert-OH is 1. The molecule has 0 saturated carbocycles. The molecule has 1 spiro atoms. The van der Waals surface area contributed by atoms with Crippen molar-refractivity contribution in [3.05, 3.63) is 42.6 Å². The third kappa shape index (κ3) is 3.16. The highest BCUT2D eigenvalue weighted by Crippen LogP contribution is 2.45. The Morgan fingerprint density at radius 3 is 2.76 bits per heavy atom. The fourth-order valence-corrected chi connectivity index (χ4v) is 4.54. The van der Waals surface area contributed by atoms with Crippen molar-refractivity contribution >= 4 is 5.82 Å². The summed E-state index contributed by atoms with van der Waals surface area (Å²) in [6.07, 6.45) is 7.80. The highest BCUT2D eigenvalue weighted by atomic mass is 16.3. The van der Waals surface area contributed by atoms with E-state index in [9.17, 15) is 5.11 Å². The molecule has 6 heteroatoms. The van der Waals surface area contributed by atoms with Gasteiger partial charge in [-0.05, 0) is 49.5 Å². The average molecular weight is 341 g/mol. The van der Waals surface area contributed by atoms with E-state index in [4.69, 9.17) is 0 Å². The molecule has 0 radical (unpaired) electrons. The fourth-order valence-electron chi connectivity index (χ4n) is 4.54. The molecule has 134 valence electrons. The molecule has 2 aromatic heterocycles. The van der Waals surface area contributed by atoms with Gasteiger partial charge in [-0.25, -0.2) is 9.97 Å². The number of aliphatic hydroxyl groups is 1. The van der Waals surface area contributed by atoms with E-state index in [1.165, 1.54) is 5.69 Å². The van der Waals surface area contributed by atoms with Gasteiger partial charge in [0.05, 0.1) is 0 Å². The molecule has 2 aliphatic rings. The molecule has 0 aromatic carbocycles. The maximum Gasteiger partial charge on any atom is 0.131 e. The molecule has 0 aliphatic carbocycles. The number of nitrogens with zero attached hydrogens (tertiary/aromatic N) is 5. The monoisotopic (exact) mass is 341 g/mol. The van der Waals surface area contributed by atoms with Gasteiger partial charge in [0.15, 0.2) is 0 Å². The van der Waals surface area contributed by atoms with Gasteiger partial charge in [0.2, 0.25) is 0 Å². The van der Waals surface area contributed by atoms with E-state index in [0.29, 0.717) is 5.92 Å². The van der Waals surface area contributed by atoms with Crippen molar-refractivity contribution in [3.63, 3.8) is 0 Å². The normalized spacial score (nSPS) is 23.4. The highest BCUT2D eigenvalue weighted by Gasteiger charge is 2.47. The van der Waals surface area contributed by atoms with Crippen LogP contribution in [0.1, 0.15) is 18.5 Å². The van der Waals surface area contributed by atoms with E-state index in [-0.39, 0.29) is 12.0 Å². The van der Waals surface area contributed by atoms with Gasteiger partial charge in [-0.3, -0.25) is 4.90 Å². The van der Waals surface area contributed by atoms with Crippen molar-refractivity contribution in [2.24, 2.45) is 18.4 Å². The Balaban J connectivity index is 1.43. The predicted molar refractivity (Wildman–Crippen MR) is 97.2 cm³/mol. The number of likely N-dealkylation sites (tertiary alicyclic amines) is 1. The Bertz CT molecular complexity index is 693. The largest absolute Gasteiger partial charge is 0.396 e. The number of anilines is 1. The molecular formula is C19H27N5O. The minimum atomic E-state index is 0.213. The minimum absolute atomic E-state index is 0.213. The molecule has 2 aliphatic heterocycles. The molecule has 0 bridgehead atoms. The van der Waals surface area contributed by atoms with Gasteiger partial charge < -0.3 is 14.6 Å². The van der Waals surface area contributed by atoms with Crippen molar-refractivity contribution < 1.29 is 5.11 Å². The van der Waals surface area contributed by atoms with Crippen molar-refractivity contribution in [1.29, 1.82) is 0 Å². The summed E-state index contributed by atoms with van der Waals surface area (Å²) in [5.41, 5.74) is 1.58. The van der Waals surface area contributed by atoms with Gasteiger partial charge in [-0.1, -0.05) is 0 Å². The summed E-state index contributed by atoms with van der Waals surface area (Å²) in [7, 11) is 2.11. The lowest BCUT2D eigenvalue weighted by Gasteiger charge is -2.42. The number of hydrogen-bond acceptors (Lipinski definition) is 5. The van der Waals surface area contributed by atoms with Crippen LogP contribution in [-0.2, 0) is 13.6 Å². The number of aromatic nitrogens is 3. The summed E-state index contributed by atoms with van der Waals surface area (Å²) in [5, 5.41) is 9.98. The Kier molecular flexibility index (Phi) is 4.48. The standard InChI is InChI=1S/C19H27N5O/c1-22-8-2-3-17(22)12-23-9-5-19(6-10-23)14-24(11-16(19)13-25)18-4-7-20-15-21-18/h2-4,7-8,15-16,25H,5-6,9-14H2,1H3. The first-order chi connectivity index (χ1) is 12.2. The van der Waals surface area contributed by atoms with Gasteiger partial charge >= 0.3 is 0 Å². The van der Waals surface area contributed by atoms with E-state index in [0.717, 1.165) is 51.4 Å². The second-order valence-corrected chi connectivity index (χ2v) is 7.58. The topological polar surface area (TPSA) is 57.4 Å². The molecule has 25 heavy (non-hydrogen) atoms. The average Bonchev–Trinajstić information content (AvgIpc) is 3.22. The second kappa shape index (κ2) is 6.77. The Morgan fingerprint density at radius 2 is 2.12 bits per heavy atom. The molecule has 2 aromatic rings.